The van der Waals surface area contributed by atoms with Crippen molar-refractivity contribution >= 4 is 22.8 Å². The predicted octanol–water partition coefficient (Wildman–Crippen LogP) is 2.13. The minimum absolute atomic E-state index is 0.0746. The Bertz CT molecular complexity index is 1690. The molecule has 2 aromatic carbocycles. The van der Waals surface area contributed by atoms with Gasteiger partial charge in [0.05, 0.1) is 0 Å². The molecule has 7 rings (SSSR count). The molecule has 5 heterocycles. The van der Waals surface area contributed by atoms with Gasteiger partial charge in [0.2, 0.25) is 0 Å². The van der Waals surface area contributed by atoms with Crippen LogP contribution in [0.2, 0.25) is 0 Å². The molecule has 2 saturated heterocycles. The number of aryl methyl sites for hydroxylation is 1. The molecule has 0 N–H and O–H groups in total. The molecule has 2 aliphatic heterocycles. The number of hydrogen-bond acceptors (Lipinski definition) is 7. The standard InChI is InChI=1S/C31H34F2IN8O/c1-4-25-17-39(19(2)16-40(25)28(21-7-11-23(32)12-8-21)22-9-13-24(33)14-10-22)29-27-30(41-18-35-38-31(41)37-29)42(20(3)36-27)34-26-6-5-15-43-26/h7-14,18-19,25-26,28H,4-6,15-17H2,1-3H3/q-1/t19-,25+,26-/m0/s1. The fourth-order valence-corrected chi connectivity index (χ4v) is 9.40. The zero-order chi connectivity index (χ0) is 29.7. The van der Waals surface area contributed by atoms with Crippen LogP contribution >= 0.6 is 0 Å². The number of benzene rings is 2. The molecule has 0 spiro atoms. The van der Waals surface area contributed by atoms with Gasteiger partial charge in [0.15, 0.2) is 0 Å². The Kier molecular flexibility index (Phi) is 7.76. The van der Waals surface area contributed by atoms with Crippen LogP contribution in [0.25, 0.3) is 16.9 Å². The number of fused-ring (bicyclic) bond motifs is 3. The van der Waals surface area contributed by atoms with E-state index in [1.54, 1.807) is 6.33 Å². The molecule has 0 saturated carbocycles. The normalized spacial score (nSPS) is 21.6. The maximum absolute atomic E-state index is 13.9. The van der Waals surface area contributed by atoms with Crippen LogP contribution in [0, 0.1) is 18.6 Å². The maximum atomic E-state index is 13.9. The van der Waals surface area contributed by atoms with E-state index in [4.69, 9.17) is 14.7 Å². The molecular formula is C31H34F2IN8O-. The summed E-state index contributed by atoms with van der Waals surface area (Å²) in [5.74, 6) is 1.77. The average molecular weight is 700 g/mol. The second kappa shape index (κ2) is 11.7. The number of rotatable bonds is 7. The van der Waals surface area contributed by atoms with Crippen molar-refractivity contribution in [2.45, 2.75) is 62.3 Å². The molecule has 12 heteroatoms. The second-order valence-electron chi connectivity index (χ2n) is 11.3. The molecule has 0 amide bonds. The number of imidazole rings is 1. The van der Waals surface area contributed by atoms with Crippen LogP contribution in [0.1, 0.15) is 56.1 Å². The van der Waals surface area contributed by atoms with E-state index in [2.05, 4.69) is 43.5 Å². The summed E-state index contributed by atoms with van der Waals surface area (Å²) < 4.78 is 38.5. The fraction of sp³-hybridized carbons (Fsp3) is 0.419. The molecule has 5 aromatic rings. The van der Waals surface area contributed by atoms with Crippen LogP contribution in [-0.4, -0.2) is 68.1 Å². The Balaban J connectivity index is 1.28. The molecule has 3 atom stereocenters. The van der Waals surface area contributed by atoms with Crippen molar-refractivity contribution in [3.05, 3.63) is 83.4 Å². The molecule has 0 aliphatic carbocycles. The number of ether oxygens (including phenoxy) is 1. The summed E-state index contributed by atoms with van der Waals surface area (Å²) in [5, 5.41) is 8.55. The molecule has 2 aliphatic rings. The number of nitrogens with zero attached hydrogens (tertiary/aromatic N) is 8. The van der Waals surface area contributed by atoms with E-state index in [9.17, 15) is 8.78 Å². The molecule has 2 fully saturated rings. The van der Waals surface area contributed by atoms with Gasteiger partial charge in [-0.25, -0.2) is 8.78 Å². The number of anilines is 1. The zero-order valence-corrected chi connectivity index (χ0v) is 26.5. The van der Waals surface area contributed by atoms with E-state index < -0.39 is 21.5 Å². The summed E-state index contributed by atoms with van der Waals surface area (Å²) in [6.07, 6.45) is 4.78. The summed E-state index contributed by atoms with van der Waals surface area (Å²) in [6.45, 7) is 8.71. The summed E-state index contributed by atoms with van der Waals surface area (Å²) in [7, 11) is 0. The van der Waals surface area contributed by atoms with E-state index in [-0.39, 0.29) is 33.9 Å². The SMILES string of the molecule is CC[C@@H]1CN(c2nc3nncn3c3c2nc(C)n3[I-][C@@H]2CCCO2)[C@@H](C)CN1C(c1ccc(F)cc1)c1ccc(F)cc1. The Hall–Kier alpha value is -3.23. The first-order valence-electron chi connectivity index (χ1n) is 14.8. The first-order chi connectivity index (χ1) is 20.9. The number of piperazine rings is 1. The van der Waals surface area contributed by atoms with Crippen molar-refractivity contribution in [2.75, 3.05) is 24.6 Å². The van der Waals surface area contributed by atoms with Crippen LogP contribution in [0.4, 0.5) is 14.6 Å². The Morgan fingerprint density at radius 1 is 1.00 bits per heavy atom. The van der Waals surface area contributed by atoms with Gasteiger partial charge in [0.1, 0.15) is 11.6 Å². The molecule has 0 bridgehead atoms. The van der Waals surface area contributed by atoms with Gasteiger partial charge in [0, 0.05) is 0 Å². The van der Waals surface area contributed by atoms with Crippen molar-refractivity contribution in [3.8, 4) is 0 Å². The van der Waals surface area contributed by atoms with Gasteiger partial charge in [-0.1, -0.05) is 0 Å². The topological polar surface area (TPSA) is 76.6 Å². The van der Waals surface area contributed by atoms with Crippen molar-refractivity contribution in [1.29, 1.82) is 0 Å². The van der Waals surface area contributed by atoms with Gasteiger partial charge in [-0.05, 0) is 0 Å². The molecule has 0 unspecified atom stereocenters. The monoisotopic (exact) mass is 699 g/mol. The number of aromatic nitrogens is 6. The van der Waals surface area contributed by atoms with Crippen molar-refractivity contribution in [2.24, 2.45) is 0 Å². The van der Waals surface area contributed by atoms with Crippen LogP contribution in [0.3, 0.4) is 0 Å². The molecule has 0 radical (unpaired) electrons. The molecule has 9 nitrogen and oxygen atoms in total. The van der Waals surface area contributed by atoms with Gasteiger partial charge in [-0.2, -0.15) is 0 Å². The van der Waals surface area contributed by atoms with E-state index >= 15 is 0 Å². The quantitative estimate of drug-likeness (QED) is 0.191. The van der Waals surface area contributed by atoms with Gasteiger partial charge < -0.3 is 0 Å². The van der Waals surface area contributed by atoms with Crippen LogP contribution in [0.5, 0.6) is 0 Å². The van der Waals surface area contributed by atoms with Crippen LogP contribution in [-0.2, 0) is 4.74 Å². The summed E-state index contributed by atoms with van der Waals surface area (Å²) in [4.78, 5) is 14.9. The van der Waals surface area contributed by atoms with Crippen molar-refractivity contribution in [3.63, 3.8) is 0 Å². The number of alkyl halides is 1. The molecule has 226 valence electrons. The summed E-state index contributed by atoms with van der Waals surface area (Å²) in [6, 6.07) is 13.4. The first-order valence-corrected chi connectivity index (χ1v) is 17.0. The summed E-state index contributed by atoms with van der Waals surface area (Å²) >= 11 is -0.500. The molecular weight excluding hydrogens is 665 g/mol. The van der Waals surface area contributed by atoms with Crippen LogP contribution in [0.15, 0.2) is 54.9 Å². The third-order valence-corrected chi connectivity index (χ3v) is 11.9. The zero-order valence-electron chi connectivity index (χ0n) is 24.4. The Morgan fingerprint density at radius 2 is 1.70 bits per heavy atom. The van der Waals surface area contributed by atoms with E-state index in [1.165, 1.54) is 24.3 Å². The third-order valence-electron chi connectivity index (χ3n) is 8.54. The molecule has 3 aromatic heterocycles. The van der Waals surface area contributed by atoms with Gasteiger partial charge >= 0.3 is 240 Å². The van der Waals surface area contributed by atoms with Crippen molar-refractivity contribution < 1.29 is 35.0 Å². The van der Waals surface area contributed by atoms with Gasteiger partial charge in [-0.15, -0.1) is 0 Å². The minimum atomic E-state index is -0.500. The van der Waals surface area contributed by atoms with E-state index in [0.717, 1.165) is 72.9 Å². The number of halogens is 3. The Labute approximate surface area is 259 Å². The first kappa shape index (κ1) is 28.5. The molecule has 43 heavy (non-hydrogen) atoms. The van der Waals surface area contributed by atoms with Gasteiger partial charge in [-0.3, -0.25) is 0 Å². The second-order valence-corrected chi connectivity index (χ2v) is 14.2. The average Bonchev–Trinajstić information content (AvgIpc) is 3.76. The van der Waals surface area contributed by atoms with Crippen LogP contribution < -0.4 is 26.4 Å². The van der Waals surface area contributed by atoms with Gasteiger partial charge in [0.25, 0.3) is 0 Å². The fourth-order valence-electron chi connectivity index (χ4n) is 6.41. The Morgan fingerprint density at radius 3 is 2.33 bits per heavy atom. The number of hydrogen-bond donors (Lipinski definition) is 0. The summed E-state index contributed by atoms with van der Waals surface area (Å²) in [5.41, 5.74) is 3.78. The predicted molar refractivity (Wildman–Crippen MR) is 155 cm³/mol. The van der Waals surface area contributed by atoms with E-state index in [1.807, 2.05) is 28.7 Å². The van der Waals surface area contributed by atoms with Crippen molar-refractivity contribution in [1.82, 2.24) is 32.2 Å². The third kappa shape index (κ3) is 5.27. The van der Waals surface area contributed by atoms with E-state index in [0.29, 0.717) is 5.78 Å².